The maximum atomic E-state index is 11.8. The minimum absolute atomic E-state index is 0.147. The second-order valence-electron chi connectivity index (χ2n) is 3.75. The maximum Gasteiger partial charge on any atom is 0.255 e. The van der Waals surface area contributed by atoms with E-state index in [1.807, 2.05) is 17.8 Å². The average Bonchev–Trinajstić information content (AvgIpc) is 2.71. The molecule has 0 aliphatic carbocycles. The first-order chi connectivity index (χ1) is 8.10. The largest absolute Gasteiger partial charge is 0.292 e. The summed E-state index contributed by atoms with van der Waals surface area (Å²) in [6, 6.07) is 1.32. The van der Waals surface area contributed by atoms with Crippen molar-refractivity contribution < 1.29 is 0 Å². The SMILES string of the molecule is CCn1cc(Cn2c(C)nc(Cl)cc2=O)cn1. The quantitative estimate of drug-likeness (QED) is 0.778. The van der Waals surface area contributed by atoms with Gasteiger partial charge in [-0.2, -0.15) is 5.10 Å². The normalized spacial score (nSPS) is 10.8. The Balaban J connectivity index is 2.33. The van der Waals surface area contributed by atoms with Crippen molar-refractivity contribution >= 4 is 11.6 Å². The molecule has 2 aromatic heterocycles. The molecule has 6 heteroatoms. The molecule has 0 fully saturated rings. The van der Waals surface area contributed by atoms with Crippen molar-refractivity contribution in [2.75, 3.05) is 0 Å². The van der Waals surface area contributed by atoms with Gasteiger partial charge in [-0.15, -0.1) is 0 Å². The number of halogens is 1. The van der Waals surface area contributed by atoms with E-state index in [-0.39, 0.29) is 10.7 Å². The number of nitrogens with zero attached hydrogens (tertiary/aromatic N) is 4. The lowest BCUT2D eigenvalue weighted by molar-refractivity contribution is 0.656. The summed E-state index contributed by atoms with van der Waals surface area (Å²) in [5.74, 6) is 0.603. The summed E-state index contributed by atoms with van der Waals surface area (Å²) < 4.78 is 3.39. The summed E-state index contributed by atoms with van der Waals surface area (Å²) in [4.78, 5) is 15.8. The van der Waals surface area contributed by atoms with Gasteiger partial charge in [0.2, 0.25) is 0 Å². The number of hydrogen-bond acceptors (Lipinski definition) is 3. The fraction of sp³-hybridized carbons (Fsp3) is 0.364. The summed E-state index contributed by atoms with van der Waals surface area (Å²) in [7, 11) is 0. The Labute approximate surface area is 104 Å². The fourth-order valence-electron chi connectivity index (χ4n) is 1.62. The zero-order valence-electron chi connectivity index (χ0n) is 9.72. The summed E-state index contributed by atoms with van der Waals surface area (Å²) in [5, 5.41) is 4.39. The van der Waals surface area contributed by atoms with E-state index in [1.165, 1.54) is 6.07 Å². The van der Waals surface area contributed by atoms with Crippen molar-refractivity contribution in [2.24, 2.45) is 0 Å². The number of rotatable bonds is 3. The van der Waals surface area contributed by atoms with Crippen LogP contribution in [-0.2, 0) is 13.1 Å². The van der Waals surface area contributed by atoms with Crippen LogP contribution in [0.15, 0.2) is 23.3 Å². The molecule has 0 aliphatic rings. The highest BCUT2D eigenvalue weighted by molar-refractivity contribution is 6.29. The molecule has 2 rings (SSSR count). The molecule has 5 nitrogen and oxygen atoms in total. The van der Waals surface area contributed by atoms with Crippen LogP contribution in [0.3, 0.4) is 0 Å². The van der Waals surface area contributed by atoms with Gasteiger partial charge >= 0.3 is 0 Å². The van der Waals surface area contributed by atoms with Crippen LogP contribution in [-0.4, -0.2) is 19.3 Å². The van der Waals surface area contributed by atoms with Crippen molar-refractivity contribution in [2.45, 2.75) is 26.9 Å². The molecule has 0 aliphatic heterocycles. The topological polar surface area (TPSA) is 52.7 Å². The predicted octanol–water partition coefficient (Wildman–Crippen LogP) is 1.47. The van der Waals surface area contributed by atoms with Crippen LogP contribution >= 0.6 is 11.6 Å². The van der Waals surface area contributed by atoms with Crippen LogP contribution < -0.4 is 5.56 Å². The summed E-state index contributed by atoms with van der Waals surface area (Å²) >= 11 is 5.71. The highest BCUT2D eigenvalue weighted by atomic mass is 35.5. The third-order valence-electron chi connectivity index (χ3n) is 2.52. The van der Waals surface area contributed by atoms with E-state index in [4.69, 9.17) is 11.6 Å². The van der Waals surface area contributed by atoms with E-state index in [1.54, 1.807) is 17.7 Å². The molecule has 2 aromatic rings. The van der Waals surface area contributed by atoms with Gasteiger partial charge in [0, 0.05) is 24.4 Å². The molecular formula is C11H13ClN4O. The zero-order chi connectivity index (χ0) is 12.4. The molecule has 0 bridgehead atoms. The molecule has 0 unspecified atom stereocenters. The molecule has 0 N–H and O–H groups in total. The van der Waals surface area contributed by atoms with Crippen molar-refractivity contribution in [3.63, 3.8) is 0 Å². The first-order valence-corrected chi connectivity index (χ1v) is 5.73. The van der Waals surface area contributed by atoms with Crippen LogP contribution in [0.1, 0.15) is 18.3 Å². The van der Waals surface area contributed by atoms with E-state index < -0.39 is 0 Å². The molecule has 0 atom stereocenters. The molecule has 90 valence electrons. The molecular weight excluding hydrogens is 240 g/mol. The minimum Gasteiger partial charge on any atom is -0.292 e. The van der Waals surface area contributed by atoms with Crippen LogP contribution in [0, 0.1) is 6.92 Å². The van der Waals surface area contributed by atoms with Gasteiger partial charge in [0.25, 0.3) is 5.56 Å². The van der Waals surface area contributed by atoms with Gasteiger partial charge in [0.15, 0.2) is 0 Å². The molecule has 2 heterocycles. The highest BCUT2D eigenvalue weighted by Crippen LogP contribution is 2.05. The molecule has 17 heavy (non-hydrogen) atoms. The second-order valence-corrected chi connectivity index (χ2v) is 4.14. The van der Waals surface area contributed by atoms with Crippen LogP contribution in [0.5, 0.6) is 0 Å². The van der Waals surface area contributed by atoms with Crippen molar-refractivity contribution in [3.05, 3.63) is 45.4 Å². The highest BCUT2D eigenvalue weighted by Gasteiger charge is 2.06. The molecule has 0 amide bonds. The third-order valence-corrected chi connectivity index (χ3v) is 2.71. The van der Waals surface area contributed by atoms with Gasteiger partial charge in [-0.25, -0.2) is 4.98 Å². The van der Waals surface area contributed by atoms with Gasteiger partial charge in [-0.3, -0.25) is 14.0 Å². The Morgan fingerprint density at radius 1 is 1.47 bits per heavy atom. The van der Waals surface area contributed by atoms with E-state index >= 15 is 0 Å². The zero-order valence-corrected chi connectivity index (χ0v) is 10.5. The number of aryl methyl sites for hydroxylation is 2. The maximum absolute atomic E-state index is 11.8. The van der Waals surface area contributed by atoms with E-state index in [2.05, 4.69) is 10.1 Å². The van der Waals surface area contributed by atoms with Crippen LogP contribution in [0.2, 0.25) is 5.15 Å². The van der Waals surface area contributed by atoms with Gasteiger partial charge in [0.1, 0.15) is 11.0 Å². The smallest absolute Gasteiger partial charge is 0.255 e. The minimum atomic E-state index is -0.147. The molecule has 0 radical (unpaired) electrons. The Bertz CT molecular complexity index is 587. The number of aromatic nitrogens is 4. The molecule has 0 aromatic carbocycles. The van der Waals surface area contributed by atoms with Crippen molar-refractivity contribution in [1.29, 1.82) is 0 Å². The van der Waals surface area contributed by atoms with E-state index in [9.17, 15) is 4.79 Å². The van der Waals surface area contributed by atoms with Gasteiger partial charge < -0.3 is 0 Å². The lowest BCUT2D eigenvalue weighted by Crippen LogP contribution is -2.23. The second kappa shape index (κ2) is 4.71. The van der Waals surface area contributed by atoms with Gasteiger partial charge in [0.05, 0.1) is 12.7 Å². The van der Waals surface area contributed by atoms with Gasteiger partial charge in [-0.1, -0.05) is 11.6 Å². The molecule has 0 spiro atoms. The molecule has 0 saturated heterocycles. The Morgan fingerprint density at radius 3 is 2.82 bits per heavy atom. The third kappa shape index (κ3) is 2.55. The predicted molar refractivity (Wildman–Crippen MR) is 65.2 cm³/mol. The van der Waals surface area contributed by atoms with Gasteiger partial charge in [-0.05, 0) is 13.8 Å². The lowest BCUT2D eigenvalue weighted by Gasteiger charge is -2.07. The van der Waals surface area contributed by atoms with E-state index in [0.29, 0.717) is 12.4 Å². The Morgan fingerprint density at radius 2 is 2.24 bits per heavy atom. The number of hydrogen-bond donors (Lipinski definition) is 0. The summed E-state index contributed by atoms with van der Waals surface area (Å²) in [6.45, 7) is 5.05. The fourth-order valence-corrected chi connectivity index (χ4v) is 1.84. The Hall–Kier alpha value is -1.62. The lowest BCUT2D eigenvalue weighted by atomic mass is 10.3. The van der Waals surface area contributed by atoms with Crippen LogP contribution in [0.4, 0.5) is 0 Å². The first kappa shape index (κ1) is 11.9. The monoisotopic (exact) mass is 252 g/mol. The first-order valence-electron chi connectivity index (χ1n) is 5.35. The van der Waals surface area contributed by atoms with Crippen molar-refractivity contribution in [1.82, 2.24) is 19.3 Å². The summed E-state index contributed by atoms with van der Waals surface area (Å²) in [6.07, 6.45) is 3.67. The standard InChI is InChI=1S/C11H13ClN4O/c1-3-15-6-9(5-13-15)7-16-8(2)14-10(12)4-11(16)17/h4-6H,3,7H2,1-2H3. The van der Waals surface area contributed by atoms with Crippen LogP contribution in [0.25, 0.3) is 0 Å². The van der Waals surface area contributed by atoms with E-state index in [0.717, 1.165) is 12.1 Å². The Kier molecular flexibility index (Phi) is 3.28. The molecule has 0 saturated carbocycles. The summed E-state index contributed by atoms with van der Waals surface area (Å²) in [5.41, 5.74) is 0.827. The average molecular weight is 253 g/mol. The van der Waals surface area contributed by atoms with Crippen molar-refractivity contribution in [3.8, 4) is 0 Å².